The van der Waals surface area contributed by atoms with Crippen LogP contribution in [0.4, 0.5) is 0 Å². The molecule has 176 valence electrons. The lowest BCUT2D eigenvalue weighted by atomic mass is 9.84. The molecule has 5 rings (SSSR count). The molecule has 0 spiro atoms. The highest BCUT2D eigenvalue weighted by Gasteiger charge is 2.32. The third-order valence-corrected chi connectivity index (χ3v) is 6.91. The molecule has 0 bridgehead atoms. The average molecular weight is 487 g/mol. The van der Waals surface area contributed by atoms with Crippen molar-refractivity contribution >= 4 is 33.7 Å². The van der Waals surface area contributed by atoms with Gasteiger partial charge in [0.25, 0.3) is 0 Å². The summed E-state index contributed by atoms with van der Waals surface area (Å²) in [6, 6.07) is 17.4. The number of aryl methyl sites for hydroxylation is 2. The van der Waals surface area contributed by atoms with Gasteiger partial charge in [-0.15, -0.1) is 11.8 Å². The lowest BCUT2D eigenvalue weighted by molar-refractivity contribution is 0.441. The van der Waals surface area contributed by atoms with Gasteiger partial charge in [-0.3, -0.25) is 0 Å². The largest absolute Gasteiger partial charge is 0.507 e. The van der Waals surface area contributed by atoms with Crippen molar-refractivity contribution in [1.82, 2.24) is 0 Å². The molecule has 0 unspecified atom stereocenters. The molecular formula is C28H22O6S. The monoisotopic (exact) mass is 486 g/mol. The van der Waals surface area contributed by atoms with Crippen molar-refractivity contribution in [3.8, 4) is 11.5 Å². The Bertz CT molecular complexity index is 1610. The molecule has 0 aliphatic rings. The smallest absolute Gasteiger partial charge is 0.344 e. The highest BCUT2D eigenvalue weighted by Crippen LogP contribution is 2.42. The van der Waals surface area contributed by atoms with E-state index in [2.05, 4.69) is 0 Å². The van der Waals surface area contributed by atoms with Gasteiger partial charge in [0.15, 0.2) is 0 Å². The van der Waals surface area contributed by atoms with E-state index >= 15 is 0 Å². The van der Waals surface area contributed by atoms with E-state index in [-0.39, 0.29) is 33.8 Å². The van der Waals surface area contributed by atoms with E-state index in [0.29, 0.717) is 16.3 Å². The maximum absolute atomic E-state index is 13.2. The van der Waals surface area contributed by atoms with Gasteiger partial charge in [0.05, 0.1) is 27.8 Å². The fourth-order valence-corrected chi connectivity index (χ4v) is 4.82. The number of rotatable bonds is 4. The molecule has 5 aromatic rings. The zero-order chi connectivity index (χ0) is 24.9. The summed E-state index contributed by atoms with van der Waals surface area (Å²) in [5, 5.41) is 23.3. The first-order valence-corrected chi connectivity index (χ1v) is 12.2. The molecule has 0 amide bonds. The van der Waals surface area contributed by atoms with Gasteiger partial charge in [-0.2, -0.15) is 0 Å². The van der Waals surface area contributed by atoms with Crippen LogP contribution in [0.2, 0.25) is 0 Å². The second-order valence-electron chi connectivity index (χ2n) is 8.51. The summed E-state index contributed by atoms with van der Waals surface area (Å²) in [6.45, 7) is 3.71. The van der Waals surface area contributed by atoms with E-state index in [4.69, 9.17) is 8.83 Å². The van der Waals surface area contributed by atoms with Crippen molar-refractivity contribution in [1.29, 1.82) is 0 Å². The molecule has 2 heterocycles. The summed E-state index contributed by atoms with van der Waals surface area (Å²) >= 11 is 1.54. The van der Waals surface area contributed by atoms with Crippen LogP contribution in [0.15, 0.2) is 84.0 Å². The molecule has 2 N–H and O–H groups in total. The van der Waals surface area contributed by atoms with Gasteiger partial charge in [0.1, 0.15) is 22.7 Å². The van der Waals surface area contributed by atoms with Crippen LogP contribution in [0.3, 0.4) is 0 Å². The molecule has 0 aliphatic carbocycles. The zero-order valence-electron chi connectivity index (χ0n) is 19.3. The van der Waals surface area contributed by atoms with Gasteiger partial charge in [0.2, 0.25) is 0 Å². The summed E-state index contributed by atoms with van der Waals surface area (Å²) in [4.78, 5) is 27.5. The predicted octanol–water partition coefficient (Wildman–Crippen LogP) is 5.83. The molecule has 0 atom stereocenters. The number of hydrogen-bond donors (Lipinski definition) is 2. The Morgan fingerprint density at radius 2 is 1.17 bits per heavy atom. The molecule has 3 aromatic carbocycles. The van der Waals surface area contributed by atoms with Gasteiger partial charge in [-0.1, -0.05) is 35.4 Å². The number of benzene rings is 3. The molecule has 0 saturated carbocycles. The van der Waals surface area contributed by atoms with Crippen molar-refractivity contribution in [3.63, 3.8) is 0 Å². The number of thioether (sulfide) groups is 1. The summed E-state index contributed by atoms with van der Waals surface area (Å²) in [5.41, 5.74) is 0.791. The Kier molecular flexibility index (Phi) is 5.65. The van der Waals surface area contributed by atoms with Gasteiger partial charge in [-0.05, 0) is 62.1 Å². The van der Waals surface area contributed by atoms with Crippen LogP contribution in [-0.4, -0.2) is 16.5 Å². The Morgan fingerprint density at radius 1 is 0.714 bits per heavy atom. The van der Waals surface area contributed by atoms with E-state index in [1.807, 2.05) is 32.2 Å². The molecule has 0 radical (unpaired) electrons. The van der Waals surface area contributed by atoms with E-state index in [9.17, 15) is 19.8 Å². The molecule has 0 saturated heterocycles. The fourth-order valence-electron chi connectivity index (χ4n) is 4.41. The SMILES string of the molecule is CSc1ccc(C(c2c(O)c3cc(C)ccc3oc2=O)c2c(O)c3cc(C)ccc3oc2=O)cc1. The van der Waals surface area contributed by atoms with Crippen molar-refractivity contribution in [3.05, 3.63) is 109 Å². The normalized spacial score (nSPS) is 11.5. The van der Waals surface area contributed by atoms with Crippen molar-refractivity contribution in [2.24, 2.45) is 0 Å². The van der Waals surface area contributed by atoms with Crippen molar-refractivity contribution < 1.29 is 19.0 Å². The molecule has 0 aliphatic heterocycles. The van der Waals surface area contributed by atoms with E-state index in [0.717, 1.165) is 16.0 Å². The maximum atomic E-state index is 13.2. The average Bonchev–Trinajstić information content (AvgIpc) is 2.84. The van der Waals surface area contributed by atoms with Crippen LogP contribution in [-0.2, 0) is 0 Å². The standard InChI is InChI=1S/C28H22O6S/c1-14-4-10-20-18(12-14)25(29)23(27(31)33-20)22(16-6-8-17(35-3)9-7-16)24-26(30)19-13-15(2)5-11-21(19)34-28(24)32/h4-13,22,29-30H,1-3H3. The van der Waals surface area contributed by atoms with Gasteiger partial charge in [-0.25, -0.2) is 9.59 Å². The maximum Gasteiger partial charge on any atom is 0.344 e. The number of aromatic hydroxyl groups is 2. The summed E-state index contributed by atoms with van der Waals surface area (Å²) < 4.78 is 11.1. The Labute approximate surface area is 204 Å². The van der Waals surface area contributed by atoms with Crippen LogP contribution in [0.5, 0.6) is 11.5 Å². The minimum Gasteiger partial charge on any atom is -0.507 e. The van der Waals surface area contributed by atoms with Gasteiger partial charge < -0.3 is 19.0 Å². The predicted molar refractivity (Wildman–Crippen MR) is 137 cm³/mol. The van der Waals surface area contributed by atoms with E-state index < -0.39 is 17.2 Å². The highest BCUT2D eigenvalue weighted by molar-refractivity contribution is 7.98. The topological polar surface area (TPSA) is 101 Å². The second-order valence-corrected chi connectivity index (χ2v) is 9.39. The van der Waals surface area contributed by atoms with Crippen LogP contribution in [0, 0.1) is 13.8 Å². The minimum absolute atomic E-state index is 0.144. The molecule has 35 heavy (non-hydrogen) atoms. The number of hydrogen-bond acceptors (Lipinski definition) is 7. The molecule has 0 fully saturated rings. The molecule has 2 aromatic heterocycles. The number of fused-ring (bicyclic) bond motifs is 2. The zero-order valence-corrected chi connectivity index (χ0v) is 20.1. The summed E-state index contributed by atoms with van der Waals surface area (Å²) in [5.74, 6) is -1.74. The quantitative estimate of drug-likeness (QED) is 0.243. The Hall–Kier alpha value is -3.97. The van der Waals surface area contributed by atoms with Crippen LogP contribution in [0.25, 0.3) is 21.9 Å². The molecular weight excluding hydrogens is 464 g/mol. The summed E-state index contributed by atoms with van der Waals surface area (Å²) in [6.07, 6.45) is 1.94. The molecule has 7 heteroatoms. The lowest BCUT2D eigenvalue weighted by Crippen LogP contribution is -2.21. The lowest BCUT2D eigenvalue weighted by Gasteiger charge is -2.20. The van der Waals surface area contributed by atoms with E-state index in [1.54, 1.807) is 60.3 Å². The van der Waals surface area contributed by atoms with Crippen LogP contribution in [0.1, 0.15) is 33.7 Å². The summed E-state index contributed by atoms with van der Waals surface area (Å²) in [7, 11) is 0. The first-order valence-electron chi connectivity index (χ1n) is 10.9. The third-order valence-electron chi connectivity index (χ3n) is 6.16. The Balaban J connectivity index is 1.90. The first kappa shape index (κ1) is 22.8. The molecule has 6 nitrogen and oxygen atoms in total. The Morgan fingerprint density at radius 3 is 1.60 bits per heavy atom. The van der Waals surface area contributed by atoms with Crippen molar-refractivity contribution in [2.75, 3.05) is 6.26 Å². The fraction of sp³-hybridized carbons (Fsp3) is 0.143. The van der Waals surface area contributed by atoms with Crippen molar-refractivity contribution in [2.45, 2.75) is 24.7 Å². The second kappa shape index (κ2) is 8.67. The van der Waals surface area contributed by atoms with Gasteiger partial charge in [0, 0.05) is 4.90 Å². The minimum atomic E-state index is -1.13. The van der Waals surface area contributed by atoms with E-state index in [1.165, 1.54) is 0 Å². The highest BCUT2D eigenvalue weighted by atomic mass is 32.2. The van der Waals surface area contributed by atoms with Crippen LogP contribution >= 0.6 is 11.8 Å². The third kappa shape index (κ3) is 3.88. The van der Waals surface area contributed by atoms with Gasteiger partial charge >= 0.3 is 11.3 Å². The van der Waals surface area contributed by atoms with Crippen LogP contribution < -0.4 is 11.3 Å². The first-order chi connectivity index (χ1) is 16.8.